The number of carbonyl (C=O) groups excluding carboxylic acids is 1. The van der Waals surface area contributed by atoms with Crippen LogP contribution in [0.4, 0.5) is 10.1 Å². The Balaban J connectivity index is 1.72. The zero-order valence-corrected chi connectivity index (χ0v) is 16.5. The third kappa shape index (κ3) is 3.45. The van der Waals surface area contributed by atoms with Crippen molar-refractivity contribution < 1.29 is 9.18 Å². The number of fused-ring (bicyclic) bond motifs is 1. The number of carbonyl (C=O) groups is 1. The smallest absolute Gasteiger partial charge is 0.256 e. The van der Waals surface area contributed by atoms with E-state index < -0.39 is 6.17 Å². The van der Waals surface area contributed by atoms with Crippen molar-refractivity contribution >= 4 is 39.1 Å². The zero-order chi connectivity index (χ0) is 19.0. The van der Waals surface area contributed by atoms with Crippen molar-refractivity contribution in [3.05, 3.63) is 98.7 Å². The molecule has 136 valence electrons. The highest BCUT2D eigenvalue weighted by molar-refractivity contribution is 9.10. The average Bonchev–Trinajstić information content (AvgIpc) is 2.92. The average molecular weight is 446 g/mol. The van der Waals surface area contributed by atoms with E-state index in [9.17, 15) is 9.18 Å². The van der Waals surface area contributed by atoms with E-state index in [0.29, 0.717) is 27.3 Å². The van der Waals surface area contributed by atoms with Gasteiger partial charge in [-0.05, 0) is 35.9 Å². The fourth-order valence-corrected chi connectivity index (χ4v) is 3.78. The van der Waals surface area contributed by atoms with Crippen molar-refractivity contribution in [1.82, 2.24) is 4.90 Å². The topological polar surface area (TPSA) is 32.3 Å². The monoisotopic (exact) mass is 444 g/mol. The number of hydrogen-bond acceptors (Lipinski definition) is 2. The van der Waals surface area contributed by atoms with Crippen LogP contribution >= 0.6 is 27.5 Å². The predicted molar refractivity (Wildman–Crippen MR) is 108 cm³/mol. The Morgan fingerprint density at radius 3 is 2.59 bits per heavy atom. The Hall–Kier alpha value is -2.37. The molecule has 0 bridgehead atoms. The highest BCUT2D eigenvalue weighted by Gasteiger charge is 2.37. The first-order valence-corrected chi connectivity index (χ1v) is 9.56. The van der Waals surface area contributed by atoms with Gasteiger partial charge in [-0.15, -0.1) is 0 Å². The van der Waals surface area contributed by atoms with Gasteiger partial charge in [-0.2, -0.15) is 0 Å². The number of nitrogens with one attached hydrogen (secondary N) is 1. The van der Waals surface area contributed by atoms with Gasteiger partial charge >= 0.3 is 0 Å². The molecule has 0 aliphatic carbocycles. The van der Waals surface area contributed by atoms with Crippen molar-refractivity contribution in [2.24, 2.45) is 0 Å². The second kappa shape index (κ2) is 7.33. The van der Waals surface area contributed by atoms with Crippen LogP contribution in [-0.2, 0) is 6.54 Å². The van der Waals surface area contributed by atoms with Crippen LogP contribution in [0.1, 0.15) is 27.7 Å². The molecule has 0 aromatic heterocycles. The summed E-state index contributed by atoms with van der Waals surface area (Å²) in [6, 6.07) is 19.6. The molecule has 1 heterocycles. The number of nitrogens with zero attached hydrogens (tertiary/aromatic N) is 1. The summed E-state index contributed by atoms with van der Waals surface area (Å²) in [6.07, 6.45) is -0.486. The summed E-state index contributed by atoms with van der Waals surface area (Å²) < 4.78 is 15.0. The van der Waals surface area contributed by atoms with Crippen LogP contribution in [-0.4, -0.2) is 10.8 Å². The molecule has 27 heavy (non-hydrogen) atoms. The molecule has 1 aliphatic rings. The molecule has 1 N–H and O–H groups in total. The first-order chi connectivity index (χ1) is 13.0. The molecule has 0 fully saturated rings. The van der Waals surface area contributed by atoms with Gasteiger partial charge in [0, 0.05) is 27.2 Å². The Morgan fingerprint density at radius 1 is 1.07 bits per heavy atom. The molecule has 4 rings (SSSR count). The van der Waals surface area contributed by atoms with Crippen LogP contribution in [0.2, 0.25) is 5.02 Å². The van der Waals surface area contributed by atoms with Crippen molar-refractivity contribution in [1.29, 1.82) is 0 Å². The molecule has 3 aromatic rings. The normalized spacial score (nSPS) is 15.7. The van der Waals surface area contributed by atoms with E-state index in [1.807, 2.05) is 36.4 Å². The van der Waals surface area contributed by atoms with E-state index in [2.05, 4.69) is 21.2 Å². The number of amides is 1. The Bertz CT molecular complexity index is 1030. The molecule has 0 radical (unpaired) electrons. The van der Waals surface area contributed by atoms with Gasteiger partial charge in [0.15, 0.2) is 0 Å². The SMILES string of the molecule is O=C1c2ccccc2[C@H](Nc2ccc(Br)cc2F)N1Cc1ccccc1Cl. The minimum absolute atomic E-state index is 0.111. The van der Waals surface area contributed by atoms with Crippen molar-refractivity contribution in [3.63, 3.8) is 0 Å². The first-order valence-electron chi connectivity index (χ1n) is 8.39. The summed E-state index contributed by atoms with van der Waals surface area (Å²) >= 11 is 9.55. The molecular formula is C21H15BrClFN2O. The lowest BCUT2D eigenvalue weighted by molar-refractivity contribution is 0.0728. The van der Waals surface area contributed by atoms with E-state index in [1.165, 1.54) is 6.07 Å². The summed E-state index contributed by atoms with van der Waals surface area (Å²) in [6.45, 7) is 0.322. The Labute approximate surface area is 169 Å². The molecule has 1 atom stereocenters. The van der Waals surface area contributed by atoms with Crippen molar-refractivity contribution in [3.8, 4) is 0 Å². The number of anilines is 1. The summed E-state index contributed by atoms with van der Waals surface area (Å²) in [4.78, 5) is 14.7. The maximum absolute atomic E-state index is 14.4. The quantitative estimate of drug-likeness (QED) is 0.533. The summed E-state index contributed by atoms with van der Waals surface area (Å²) in [5, 5.41) is 3.77. The minimum Gasteiger partial charge on any atom is -0.359 e. The molecule has 1 aliphatic heterocycles. The Morgan fingerprint density at radius 2 is 1.81 bits per heavy atom. The predicted octanol–water partition coefficient (Wildman–Crippen LogP) is 6.01. The molecule has 1 amide bonds. The summed E-state index contributed by atoms with van der Waals surface area (Å²) in [7, 11) is 0. The van der Waals surface area contributed by atoms with Gasteiger partial charge in [0.05, 0.1) is 5.69 Å². The van der Waals surface area contributed by atoms with Gasteiger partial charge in [0.1, 0.15) is 12.0 Å². The van der Waals surface area contributed by atoms with Gasteiger partial charge in [-0.3, -0.25) is 4.79 Å². The van der Waals surface area contributed by atoms with Crippen LogP contribution in [0.3, 0.4) is 0 Å². The van der Waals surface area contributed by atoms with Crippen LogP contribution in [0.15, 0.2) is 71.2 Å². The summed E-state index contributed by atoms with van der Waals surface area (Å²) in [5.74, 6) is -0.501. The minimum atomic E-state index is -0.486. The number of halogens is 3. The molecule has 3 aromatic carbocycles. The lowest BCUT2D eigenvalue weighted by Gasteiger charge is -2.27. The van der Waals surface area contributed by atoms with Crippen LogP contribution < -0.4 is 5.32 Å². The van der Waals surface area contributed by atoms with Crippen LogP contribution in [0.5, 0.6) is 0 Å². The third-order valence-electron chi connectivity index (χ3n) is 4.58. The van der Waals surface area contributed by atoms with Crippen molar-refractivity contribution in [2.45, 2.75) is 12.7 Å². The third-order valence-corrected chi connectivity index (χ3v) is 5.44. The molecular weight excluding hydrogens is 431 g/mol. The highest BCUT2D eigenvalue weighted by Crippen LogP contribution is 2.37. The van der Waals surface area contributed by atoms with E-state index in [-0.39, 0.29) is 11.7 Å². The van der Waals surface area contributed by atoms with E-state index in [1.54, 1.807) is 29.2 Å². The van der Waals surface area contributed by atoms with E-state index in [4.69, 9.17) is 11.6 Å². The second-order valence-electron chi connectivity index (χ2n) is 6.28. The summed E-state index contributed by atoms with van der Waals surface area (Å²) in [5.41, 5.74) is 2.59. The van der Waals surface area contributed by atoms with Gasteiger partial charge < -0.3 is 10.2 Å². The number of rotatable bonds is 4. The van der Waals surface area contributed by atoms with Crippen LogP contribution in [0.25, 0.3) is 0 Å². The molecule has 0 saturated carbocycles. The van der Waals surface area contributed by atoms with Crippen LogP contribution in [0, 0.1) is 5.82 Å². The second-order valence-corrected chi connectivity index (χ2v) is 7.61. The van der Waals surface area contributed by atoms with Crippen molar-refractivity contribution in [2.75, 3.05) is 5.32 Å². The standard InChI is InChI=1S/C21H15BrClFN2O/c22-14-9-10-19(18(24)11-14)25-20-15-6-2-3-7-16(15)21(27)26(20)12-13-5-1-4-8-17(13)23/h1-11,20,25H,12H2/t20-/m1/s1. The molecule has 6 heteroatoms. The number of hydrogen-bond donors (Lipinski definition) is 1. The maximum atomic E-state index is 14.4. The molecule has 0 unspecified atom stereocenters. The lowest BCUT2D eigenvalue weighted by atomic mass is 10.1. The fraction of sp³-hybridized carbons (Fsp3) is 0.0952. The number of benzene rings is 3. The van der Waals surface area contributed by atoms with E-state index >= 15 is 0 Å². The largest absolute Gasteiger partial charge is 0.359 e. The molecule has 0 saturated heterocycles. The first kappa shape index (κ1) is 18.0. The van der Waals surface area contributed by atoms with E-state index in [0.717, 1.165) is 11.1 Å². The van der Waals surface area contributed by atoms with Gasteiger partial charge in [0.2, 0.25) is 0 Å². The maximum Gasteiger partial charge on any atom is 0.256 e. The van der Waals surface area contributed by atoms with Gasteiger partial charge in [0.25, 0.3) is 5.91 Å². The highest BCUT2D eigenvalue weighted by atomic mass is 79.9. The fourth-order valence-electron chi connectivity index (χ4n) is 3.25. The Kier molecular flexibility index (Phi) is 4.89. The molecule has 3 nitrogen and oxygen atoms in total. The van der Waals surface area contributed by atoms with Gasteiger partial charge in [-0.25, -0.2) is 4.39 Å². The lowest BCUT2D eigenvalue weighted by Crippen LogP contribution is -2.32. The zero-order valence-electron chi connectivity index (χ0n) is 14.1. The van der Waals surface area contributed by atoms with Gasteiger partial charge in [-0.1, -0.05) is 63.9 Å². The molecule has 0 spiro atoms.